The number of carbonyl (C=O) groups excluding carboxylic acids is 1. The number of urea groups is 1. The molecule has 0 saturated heterocycles. The highest BCUT2D eigenvalue weighted by molar-refractivity contribution is 7.78. The lowest BCUT2D eigenvalue weighted by atomic mass is 10.2. The van der Waals surface area contributed by atoms with Gasteiger partial charge in [-0.15, -0.1) is 0 Å². The standard InChI is InChI=1S/C20H27N5O2SSi/c1-5-6-7-12-25(28)20(26)24-17-10-8-14-19(23-17)22-15(13-21-14)16-9-11-18(27-16)29(2,3)4/h8-11,13,28H,5-7,12H2,1-4H3,(H,22,23,24,26). The Kier molecular flexibility index (Phi) is 6.58. The average Bonchev–Trinajstić information content (AvgIpc) is 3.18. The van der Waals surface area contributed by atoms with Gasteiger partial charge in [-0.25, -0.2) is 14.8 Å². The van der Waals surface area contributed by atoms with E-state index in [1.807, 2.05) is 12.1 Å². The fraction of sp³-hybridized carbons (Fsp3) is 0.400. The molecule has 0 aliphatic heterocycles. The van der Waals surface area contributed by atoms with Crippen molar-refractivity contribution in [2.75, 3.05) is 11.9 Å². The molecule has 3 rings (SSSR count). The van der Waals surface area contributed by atoms with Gasteiger partial charge in [0, 0.05) is 6.54 Å². The molecular formula is C20H27N5O2SSi. The Morgan fingerprint density at radius 1 is 1.17 bits per heavy atom. The number of carbonyl (C=O) groups is 1. The topological polar surface area (TPSA) is 84.2 Å². The number of hydrogen-bond donors (Lipinski definition) is 2. The summed E-state index contributed by atoms with van der Waals surface area (Å²) in [6, 6.07) is 7.11. The molecule has 3 heterocycles. The fourth-order valence-electron chi connectivity index (χ4n) is 2.75. The summed E-state index contributed by atoms with van der Waals surface area (Å²) in [4.78, 5) is 25.7. The molecule has 0 aliphatic rings. The predicted octanol–water partition coefficient (Wildman–Crippen LogP) is 4.70. The summed E-state index contributed by atoms with van der Waals surface area (Å²) in [5.74, 6) is 1.08. The van der Waals surface area contributed by atoms with Gasteiger partial charge in [-0.2, -0.15) is 0 Å². The van der Waals surface area contributed by atoms with Crippen LogP contribution in [-0.4, -0.2) is 39.9 Å². The van der Waals surface area contributed by atoms with Crippen LogP contribution >= 0.6 is 12.8 Å². The van der Waals surface area contributed by atoms with Crippen molar-refractivity contribution in [3.8, 4) is 11.5 Å². The maximum atomic E-state index is 12.3. The second kappa shape index (κ2) is 8.96. The molecule has 29 heavy (non-hydrogen) atoms. The molecule has 3 aromatic rings. The first-order valence-electron chi connectivity index (χ1n) is 9.80. The van der Waals surface area contributed by atoms with Crippen LogP contribution in [0.5, 0.6) is 0 Å². The highest BCUT2D eigenvalue weighted by atomic mass is 32.1. The smallest absolute Gasteiger partial charge is 0.332 e. The number of anilines is 1. The van der Waals surface area contributed by atoms with Gasteiger partial charge in [-0.1, -0.05) is 52.2 Å². The van der Waals surface area contributed by atoms with E-state index in [9.17, 15) is 4.79 Å². The number of thiol groups is 1. The lowest BCUT2D eigenvalue weighted by Gasteiger charge is -2.15. The molecule has 0 fully saturated rings. The van der Waals surface area contributed by atoms with Gasteiger partial charge in [0.05, 0.1) is 11.6 Å². The van der Waals surface area contributed by atoms with Crippen molar-refractivity contribution in [3.05, 3.63) is 30.5 Å². The Morgan fingerprint density at radius 3 is 2.66 bits per heavy atom. The van der Waals surface area contributed by atoms with Gasteiger partial charge in [0.25, 0.3) is 0 Å². The van der Waals surface area contributed by atoms with Gasteiger partial charge in [-0.3, -0.25) is 14.6 Å². The third-order valence-corrected chi connectivity index (χ3v) is 6.58. The van der Waals surface area contributed by atoms with Gasteiger partial charge >= 0.3 is 6.03 Å². The number of furan rings is 1. The SMILES string of the molecule is CCCCCN(S)C(=O)Nc1ccc2ncc(-c3ccc([Si](C)(C)C)o3)nc2n1. The fourth-order valence-corrected chi connectivity index (χ4v) is 3.94. The third kappa shape index (κ3) is 5.36. The molecule has 7 nitrogen and oxygen atoms in total. The summed E-state index contributed by atoms with van der Waals surface area (Å²) in [5.41, 5.74) is 1.71. The zero-order chi connectivity index (χ0) is 21.0. The molecular weight excluding hydrogens is 402 g/mol. The second-order valence-electron chi connectivity index (χ2n) is 7.97. The number of unbranched alkanes of at least 4 members (excludes halogenated alkanes) is 2. The molecule has 2 amide bonds. The summed E-state index contributed by atoms with van der Waals surface area (Å²) in [5, 5.41) is 3.77. The molecule has 0 unspecified atom stereocenters. The Balaban J connectivity index is 1.78. The number of aromatic nitrogens is 3. The van der Waals surface area contributed by atoms with E-state index in [4.69, 9.17) is 4.42 Å². The molecule has 0 spiro atoms. The number of rotatable bonds is 7. The van der Waals surface area contributed by atoms with E-state index in [1.165, 1.54) is 4.31 Å². The average molecular weight is 430 g/mol. The van der Waals surface area contributed by atoms with Crippen molar-refractivity contribution in [1.82, 2.24) is 19.3 Å². The van der Waals surface area contributed by atoms with Crippen LogP contribution in [0.25, 0.3) is 22.6 Å². The second-order valence-corrected chi connectivity index (χ2v) is 13.4. The van der Waals surface area contributed by atoms with Crippen LogP contribution in [-0.2, 0) is 0 Å². The first-order valence-corrected chi connectivity index (χ1v) is 13.7. The summed E-state index contributed by atoms with van der Waals surface area (Å²) in [6.07, 6.45) is 4.74. The van der Waals surface area contributed by atoms with Crippen LogP contribution in [0.1, 0.15) is 26.2 Å². The van der Waals surface area contributed by atoms with Gasteiger partial charge in [0.15, 0.2) is 11.4 Å². The number of hydrogen-bond acceptors (Lipinski definition) is 6. The van der Waals surface area contributed by atoms with Crippen LogP contribution in [0.4, 0.5) is 10.6 Å². The quantitative estimate of drug-likeness (QED) is 0.323. The molecule has 0 atom stereocenters. The van der Waals surface area contributed by atoms with Gasteiger partial charge < -0.3 is 4.42 Å². The lowest BCUT2D eigenvalue weighted by molar-refractivity contribution is 0.238. The zero-order valence-electron chi connectivity index (χ0n) is 17.3. The number of amides is 2. The van der Waals surface area contributed by atoms with Crippen molar-refractivity contribution >= 4 is 49.3 Å². The third-order valence-electron chi connectivity index (χ3n) is 4.45. The zero-order valence-corrected chi connectivity index (χ0v) is 19.2. The summed E-state index contributed by atoms with van der Waals surface area (Å²) < 4.78 is 7.37. The minimum absolute atomic E-state index is 0.314. The van der Waals surface area contributed by atoms with Gasteiger partial charge in [0.1, 0.15) is 25.1 Å². The molecule has 1 N–H and O–H groups in total. The summed E-state index contributed by atoms with van der Waals surface area (Å²) in [6.45, 7) is 9.38. The Morgan fingerprint density at radius 2 is 1.97 bits per heavy atom. The molecule has 0 aliphatic carbocycles. The monoisotopic (exact) mass is 429 g/mol. The van der Waals surface area contributed by atoms with E-state index in [0.717, 1.165) is 24.6 Å². The number of pyridine rings is 1. The van der Waals surface area contributed by atoms with E-state index in [0.29, 0.717) is 35.0 Å². The van der Waals surface area contributed by atoms with E-state index in [2.05, 4.69) is 59.6 Å². The molecule has 0 bridgehead atoms. The first-order chi connectivity index (χ1) is 13.8. The highest BCUT2D eigenvalue weighted by Gasteiger charge is 2.21. The van der Waals surface area contributed by atoms with Gasteiger partial charge in [-0.05, 0) is 30.7 Å². The minimum atomic E-state index is -1.54. The Bertz CT molecular complexity index is 1000. The molecule has 154 valence electrons. The maximum absolute atomic E-state index is 12.3. The number of nitrogens with one attached hydrogen (secondary N) is 1. The van der Waals surface area contributed by atoms with Crippen molar-refractivity contribution < 1.29 is 9.21 Å². The van der Waals surface area contributed by atoms with Crippen LogP contribution in [0.3, 0.4) is 0 Å². The van der Waals surface area contributed by atoms with Crippen molar-refractivity contribution in [2.24, 2.45) is 0 Å². The predicted molar refractivity (Wildman–Crippen MR) is 122 cm³/mol. The maximum Gasteiger partial charge on any atom is 0.332 e. The van der Waals surface area contributed by atoms with Crippen LogP contribution < -0.4 is 10.7 Å². The van der Waals surface area contributed by atoms with E-state index < -0.39 is 8.07 Å². The van der Waals surface area contributed by atoms with Crippen LogP contribution in [0.2, 0.25) is 19.6 Å². The van der Waals surface area contributed by atoms with Crippen molar-refractivity contribution in [2.45, 2.75) is 45.8 Å². The first kappa shape index (κ1) is 21.3. The Hall–Kier alpha value is -2.39. The minimum Gasteiger partial charge on any atom is -0.465 e. The molecule has 0 saturated carbocycles. The normalized spacial score (nSPS) is 11.6. The number of fused-ring (bicyclic) bond motifs is 1. The number of nitrogens with zero attached hydrogens (tertiary/aromatic N) is 4. The summed E-state index contributed by atoms with van der Waals surface area (Å²) >= 11 is 4.25. The van der Waals surface area contributed by atoms with Crippen molar-refractivity contribution in [3.63, 3.8) is 0 Å². The van der Waals surface area contributed by atoms with Gasteiger partial charge in [0.2, 0.25) is 0 Å². The van der Waals surface area contributed by atoms with E-state index >= 15 is 0 Å². The molecule has 3 aromatic heterocycles. The highest BCUT2D eigenvalue weighted by Crippen LogP contribution is 2.20. The molecule has 0 aromatic carbocycles. The van der Waals surface area contributed by atoms with E-state index in [1.54, 1.807) is 18.3 Å². The molecule has 0 radical (unpaired) electrons. The van der Waals surface area contributed by atoms with Crippen LogP contribution in [0, 0.1) is 0 Å². The largest absolute Gasteiger partial charge is 0.465 e. The molecule has 9 heteroatoms. The van der Waals surface area contributed by atoms with E-state index in [-0.39, 0.29) is 6.03 Å². The Labute approximate surface area is 177 Å². The van der Waals surface area contributed by atoms with Crippen molar-refractivity contribution in [1.29, 1.82) is 0 Å². The van der Waals surface area contributed by atoms with Crippen LogP contribution in [0.15, 0.2) is 34.9 Å². The summed E-state index contributed by atoms with van der Waals surface area (Å²) in [7, 11) is -1.54. The lowest BCUT2D eigenvalue weighted by Crippen LogP contribution is -2.36.